The van der Waals surface area contributed by atoms with E-state index in [1.54, 1.807) is 31.4 Å². The maximum Gasteiger partial charge on any atom is 0.336 e. The zero-order valence-electron chi connectivity index (χ0n) is 21.1. The molecule has 1 aromatic heterocycles. The number of hydrogen-bond acceptors (Lipinski definition) is 10. The highest BCUT2D eigenvalue weighted by Gasteiger charge is 2.43. The van der Waals surface area contributed by atoms with Crippen molar-refractivity contribution >= 4 is 49.8 Å². The van der Waals surface area contributed by atoms with Gasteiger partial charge in [0.2, 0.25) is 10.0 Å². The summed E-state index contributed by atoms with van der Waals surface area (Å²) in [5.41, 5.74) is 3.67. The molecule has 0 radical (unpaired) electrons. The number of methoxy groups -OCH3 is 2. The van der Waals surface area contributed by atoms with Crippen molar-refractivity contribution in [1.29, 1.82) is 0 Å². The molecule has 4 rings (SSSR count). The molecule has 0 bridgehead atoms. The number of carbonyl (C=O) groups excluding carboxylic acids is 2. The predicted molar refractivity (Wildman–Crippen MR) is 145 cm³/mol. The van der Waals surface area contributed by atoms with Gasteiger partial charge in [-0.25, -0.2) is 23.3 Å². The largest absolute Gasteiger partial charge is 0.468 e. The molecular formula is C26H26N4O6S2. The molecule has 198 valence electrons. The number of aromatic nitrogens is 1. The first-order valence-corrected chi connectivity index (χ1v) is 13.8. The molecular weight excluding hydrogens is 528 g/mol. The minimum Gasteiger partial charge on any atom is -0.468 e. The summed E-state index contributed by atoms with van der Waals surface area (Å²) in [5.74, 6) is -2.67. The third kappa shape index (κ3) is 5.37. The monoisotopic (exact) mass is 554 g/mol. The number of aliphatic imine (C=N–C) groups is 1. The minimum absolute atomic E-state index is 0.0106. The molecule has 38 heavy (non-hydrogen) atoms. The molecule has 3 aromatic rings. The van der Waals surface area contributed by atoms with Crippen LogP contribution in [0, 0.1) is 5.92 Å². The number of rotatable bonds is 7. The molecule has 0 aliphatic carbocycles. The Morgan fingerprint density at radius 2 is 1.79 bits per heavy atom. The van der Waals surface area contributed by atoms with Gasteiger partial charge in [0, 0.05) is 34.0 Å². The van der Waals surface area contributed by atoms with E-state index in [1.807, 2.05) is 24.3 Å². The molecule has 1 aliphatic heterocycles. The maximum atomic E-state index is 12.9. The van der Waals surface area contributed by atoms with Crippen LogP contribution in [-0.2, 0) is 29.1 Å². The van der Waals surface area contributed by atoms with Gasteiger partial charge in [0.25, 0.3) is 0 Å². The number of nitrogens with two attached hydrogens (primary N) is 1. The molecule has 3 N–H and O–H groups in total. The van der Waals surface area contributed by atoms with Gasteiger partial charge < -0.3 is 14.8 Å². The standard InChI is InChI=1S/C26H26N4O6S2/c1-14-21(24(31)35-3)23(22(15(2)28-14)25(32)36-4)18-10-5-6-11-19(18)29-26-30-20(13-37-26)16-8-7-9-17(12-16)38(27,33)34/h5-13,21,23H,1-4H3,(H,29,30)(H2,27,33,34). The Balaban J connectivity index is 1.76. The highest BCUT2D eigenvalue weighted by molar-refractivity contribution is 7.89. The van der Waals surface area contributed by atoms with Gasteiger partial charge in [0.05, 0.1) is 30.4 Å². The summed E-state index contributed by atoms with van der Waals surface area (Å²) in [6.45, 7) is 3.43. The van der Waals surface area contributed by atoms with Crippen molar-refractivity contribution in [3.8, 4) is 11.3 Å². The third-order valence-electron chi connectivity index (χ3n) is 6.19. The number of carbonyl (C=O) groups is 2. The average molecular weight is 555 g/mol. The van der Waals surface area contributed by atoms with Crippen LogP contribution in [0.2, 0.25) is 0 Å². The number of anilines is 2. The van der Waals surface area contributed by atoms with Crippen LogP contribution in [-0.4, -0.2) is 45.3 Å². The lowest BCUT2D eigenvalue weighted by atomic mass is 9.75. The number of sulfonamides is 1. The highest BCUT2D eigenvalue weighted by Crippen LogP contribution is 2.43. The van der Waals surface area contributed by atoms with Gasteiger partial charge in [-0.05, 0) is 37.6 Å². The summed E-state index contributed by atoms with van der Waals surface area (Å²) in [5, 5.41) is 10.9. The SMILES string of the molecule is COC(=O)C1=C(C)N=C(C)C(C(=O)OC)C1c1ccccc1Nc1nc(-c2cccc(S(N)(=O)=O)c2)cs1. The second kappa shape index (κ2) is 10.9. The molecule has 0 saturated carbocycles. The Bertz CT molecular complexity index is 1580. The fourth-order valence-corrected chi connectivity index (χ4v) is 5.77. The van der Waals surface area contributed by atoms with E-state index in [2.05, 4.69) is 15.3 Å². The molecule has 0 fully saturated rings. The number of primary sulfonamides is 1. The molecule has 2 atom stereocenters. The number of thiazole rings is 1. The summed E-state index contributed by atoms with van der Waals surface area (Å²) in [7, 11) is -1.29. The van der Waals surface area contributed by atoms with Crippen LogP contribution in [0.4, 0.5) is 10.8 Å². The van der Waals surface area contributed by atoms with E-state index in [1.165, 1.54) is 37.7 Å². The minimum atomic E-state index is -3.86. The molecule has 10 nitrogen and oxygen atoms in total. The average Bonchev–Trinajstić information content (AvgIpc) is 3.36. The number of nitrogens with zero attached hydrogens (tertiary/aromatic N) is 2. The van der Waals surface area contributed by atoms with Crippen LogP contribution in [0.3, 0.4) is 0 Å². The number of allylic oxidation sites excluding steroid dienone is 1. The van der Waals surface area contributed by atoms with Crippen LogP contribution in [0.5, 0.6) is 0 Å². The zero-order chi connectivity index (χ0) is 27.6. The fraction of sp³-hybridized carbons (Fsp3) is 0.231. The second-order valence-corrected chi connectivity index (χ2v) is 11.0. The summed E-state index contributed by atoms with van der Waals surface area (Å²) < 4.78 is 33.6. The summed E-state index contributed by atoms with van der Waals surface area (Å²) in [6, 6.07) is 13.5. The lowest BCUT2D eigenvalue weighted by Gasteiger charge is -2.32. The molecule has 0 spiro atoms. The van der Waals surface area contributed by atoms with E-state index in [0.29, 0.717) is 39.0 Å². The van der Waals surface area contributed by atoms with Gasteiger partial charge in [0.15, 0.2) is 5.13 Å². The summed E-state index contributed by atoms with van der Waals surface area (Å²) in [4.78, 5) is 34.8. The van der Waals surface area contributed by atoms with Crippen LogP contribution >= 0.6 is 11.3 Å². The lowest BCUT2D eigenvalue weighted by molar-refractivity contribution is -0.143. The van der Waals surface area contributed by atoms with Gasteiger partial charge in [-0.2, -0.15) is 0 Å². The topological polar surface area (TPSA) is 150 Å². The number of hydrogen-bond donors (Lipinski definition) is 2. The van der Waals surface area contributed by atoms with E-state index in [4.69, 9.17) is 14.6 Å². The van der Waals surface area contributed by atoms with Crippen molar-refractivity contribution in [2.45, 2.75) is 24.7 Å². The maximum absolute atomic E-state index is 12.9. The molecule has 1 aliphatic rings. The van der Waals surface area contributed by atoms with Crippen molar-refractivity contribution in [2.75, 3.05) is 19.5 Å². The first-order chi connectivity index (χ1) is 18.0. The highest BCUT2D eigenvalue weighted by atomic mass is 32.2. The molecule has 2 aromatic carbocycles. The predicted octanol–water partition coefficient (Wildman–Crippen LogP) is 4.00. The van der Waals surface area contributed by atoms with Gasteiger partial charge in [-0.15, -0.1) is 11.3 Å². The van der Waals surface area contributed by atoms with E-state index < -0.39 is 33.8 Å². The Kier molecular flexibility index (Phi) is 7.76. The van der Waals surface area contributed by atoms with E-state index in [9.17, 15) is 18.0 Å². The van der Waals surface area contributed by atoms with Crippen LogP contribution in [0.15, 0.2) is 75.1 Å². The van der Waals surface area contributed by atoms with Crippen molar-refractivity contribution in [3.63, 3.8) is 0 Å². The second-order valence-electron chi connectivity index (χ2n) is 8.55. The number of ether oxygens (including phenoxy) is 2. The summed E-state index contributed by atoms with van der Waals surface area (Å²) >= 11 is 1.31. The summed E-state index contributed by atoms with van der Waals surface area (Å²) in [6.07, 6.45) is 0. The molecule has 0 saturated heterocycles. The van der Waals surface area contributed by atoms with Crippen LogP contribution in [0.1, 0.15) is 25.3 Å². The van der Waals surface area contributed by atoms with Gasteiger partial charge >= 0.3 is 11.9 Å². The van der Waals surface area contributed by atoms with E-state index in [0.717, 1.165) is 0 Å². The lowest BCUT2D eigenvalue weighted by Crippen LogP contribution is -2.36. The smallest absolute Gasteiger partial charge is 0.336 e. The quantitative estimate of drug-likeness (QED) is 0.416. The molecule has 2 heterocycles. The van der Waals surface area contributed by atoms with Crippen LogP contribution in [0.25, 0.3) is 11.3 Å². The Morgan fingerprint density at radius 3 is 2.47 bits per heavy atom. The first kappa shape index (κ1) is 27.2. The number of para-hydroxylation sites is 1. The molecule has 12 heteroatoms. The van der Waals surface area contributed by atoms with Crippen LogP contribution < -0.4 is 10.5 Å². The normalized spacial score (nSPS) is 17.6. The number of nitrogens with one attached hydrogen (secondary N) is 1. The van der Waals surface area contributed by atoms with Gasteiger partial charge in [0.1, 0.15) is 5.92 Å². The Morgan fingerprint density at radius 1 is 1.05 bits per heavy atom. The van der Waals surface area contributed by atoms with Crippen molar-refractivity contribution in [3.05, 3.63) is 70.7 Å². The van der Waals surface area contributed by atoms with E-state index in [-0.39, 0.29) is 10.5 Å². The van der Waals surface area contributed by atoms with E-state index >= 15 is 0 Å². The number of esters is 2. The third-order valence-corrected chi connectivity index (χ3v) is 7.86. The van der Waals surface area contributed by atoms with Crippen molar-refractivity contribution in [1.82, 2.24) is 4.98 Å². The van der Waals surface area contributed by atoms with Crippen molar-refractivity contribution in [2.24, 2.45) is 16.0 Å². The molecule has 0 amide bonds. The van der Waals surface area contributed by atoms with Gasteiger partial charge in [-0.3, -0.25) is 9.79 Å². The van der Waals surface area contributed by atoms with Gasteiger partial charge in [-0.1, -0.05) is 30.3 Å². The van der Waals surface area contributed by atoms with Crippen molar-refractivity contribution < 1.29 is 27.5 Å². The molecule has 2 unspecified atom stereocenters. The zero-order valence-corrected chi connectivity index (χ0v) is 22.7. The number of benzene rings is 2. The Hall–Kier alpha value is -3.87. The fourth-order valence-electron chi connectivity index (χ4n) is 4.47. The first-order valence-electron chi connectivity index (χ1n) is 11.4. The Labute approximate surface area is 224 Å².